The smallest absolute Gasteiger partial charge is 0.298 e. The van der Waals surface area contributed by atoms with Crippen LogP contribution in [0.5, 0.6) is 0 Å². The summed E-state index contributed by atoms with van der Waals surface area (Å²) in [5.74, 6) is -0.942. The van der Waals surface area contributed by atoms with E-state index in [0.29, 0.717) is 6.20 Å². The van der Waals surface area contributed by atoms with Crippen molar-refractivity contribution in [2.45, 2.75) is 11.1 Å². The van der Waals surface area contributed by atoms with Gasteiger partial charge in [-0.05, 0) is 30.3 Å². The molecule has 0 saturated carbocycles. The van der Waals surface area contributed by atoms with Crippen LogP contribution in [0.15, 0.2) is 53.7 Å². The first kappa shape index (κ1) is 18.0. The van der Waals surface area contributed by atoms with Gasteiger partial charge in [-0.1, -0.05) is 0 Å². The molecule has 2 N–H and O–H groups in total. The van der Waals surface area contributed by atoms with Crippen LogP contribution in [-0.2, 0) is 16.2 Å². The Labute approximate surface area is 145 Å². The SMILES string of the molecule is NS(=O)(=O)c1ccc(-n2cc(C(F)(F)F)nc2-c2cc(F)ccn2)cc1. The van der Waals surface area contributed by atoms with Gasteiger partial charge in [-0.2, -0.15) is 13.2 Å². The molecule has 3 aromatic rings. The lowest BCUT2D eigenvalue weighted by molar-refractivity contribution is -0.140. The Morgan fingerprint density at radius 1 is 1.08 bits per heavy atom. The first-order valence-electron chi connectivity index (χ1n) is 6.97. The summed E-state index contributed by atoms with van der Waals surface area (Å²) in [6, 6.07) is 6.77. The highest BCUT2D eigenvalue weighted by Crippen LogP contribution is 2.32. The molecule has 11 heteroatoms. The van der Waals surface area contributed by atoms with Crippen LogP contribution in [-0.4, -0.2) is 23.0 Å². The predicted octanol–water partition coefficient (Wildman–Crippen LogP) is 2.74. The average molecular weight is 386 g/mol. The van der Waals surface area contributed by atoms with Gasteiger partial charge in [-0.15, -0.1) is 0 Å². The number of primary sulfonamides is 1. The summed E-state index contributed by atoms with van der Waals surface area (Å²) in [4.78, 5) is 7.14. The number of halogens is 4. The monoisotopic (exact) mass is 386 g/mol. The van der Waals surface area contributed by atoms with E-state index < -0.39 is 27.7 Å². The van der Waals surface area contributed by atoms with E-state index in [-0.39, 0.29) is 22.1 Å². The van der Waals surface area contributed by atoms with E-state index in [0.717, 1.165) is 35.0 Å². The molecule has 0 aliphatic heterocycles. The number of sulfonamides is 1. The lowest BCUT2D eigenvalue weighted by atomic mass is 10.3. The minimum atomic E-state index is -4.73. The van der Waals surface area contributed by atoms with E-state index in [9.17, 15) is 26.0 Å². The van der Waals surface area contributed by atoms with Gasteiger partial charge in [0.15, 0.2) is 11.5 Å². The summed E-state index contributed by atoms with van der Waals surface area (Å²) >= 11 is 0. The number of nitrogens with zero attached hydrogens (tertiary/aromatic N) is 3. The fourth-order valence-corrected chi connectivity index (χ4v) is 2.73. The van der Waals surface area contributed by atoms with Gasteiger partial charge < -0.3 is 0 Å². The van der Waals surface area contributed by atoms with Crippen LogP contribution in [0.3, 0.4) is 0 Å². The second-order valence-electron chi connectivity index (χ2n) is 5.22. The Bertz CT molecular complexity index is 1060. The number of pyridine rings is 1. The lowest BCUT2D eigenvalue weighted by Gasteiger charge is -2.08. The normalized spacial score (nSPS) is 12.3. The maximum atomic E-state index is 13.4. The molecule has 0 aliphatic carbocycles. The standard InChI is InChI=1S/C15H10F4N4O2S/c16-9-5-6-21-12(7-9)14-22-13(15(17,18)19)8-23(14)10-1-3-11(4-2-10)26(20,24)25/h1-8H,(H2,20,24,25). The Morgan fingerprint density at radius 2 is 1.73 bits per heavy atom. The van der Waals surface area contributed by atoms with Gasteiger partial charge in [0.05, 0.1) is 4.90 Å². The molecule has 2 aromatic heterocycles. The molecular weight excluding hydrogens is 376 g/mol. The molecule has 3 rings (SSSR count). The number of hydrogen-bond donors (Lipinski definition) is 1. The van der Waals surface area contributed by atoms with Crippen molar-refractivity contribution >= 4 is 10.0 Å². The topological polar surface area (TPSA) is 90.9 Å². The molecule has 0 radical (unpaired) electrons. The maximum Gasteiger partial charge on any atom is 0.434 e. The van der Waals surface area contributed by atoms with Crippen molar-refractivity contribution in [2.75, 3.05) is 0 Å². The highest BCUT2D eigenvalue weighted by Gasteiger charge is 2.35. The first-order chi connectivity index (χ1) is 12.1. The van der Waals surface area contributed by atoms with Gasteiger partial charge in [0, 0.05) is 24.1 Å². The van der Waals surface area contributed by atoms with E-state index in [2.05, 4.69) is 9.97 Å². The number of rotatable bonds is 3. The van der Waals surface area contributed by atoms with E-state index in [4.69, 9.17) is 5.14 Å². The van der Waals surface area contributed by atoms with Crippen molar-refractivity contribution in [1.82, 2.24) is 14.5 Å². The fourth-order valence-electron chi connectivity index (χ4n) is 2.22. The van der Waals surface area contributed by atoms with Gasteiger partial charge in [0.2, 0.25) is 10.0 Å². The molecule has 26 heavy (non-hydrogen) atoms. The molecule has 0 bridgehead atoms. The molecule has 0 spiro atoms. The van der Waals surface area contributed by atoms with Crippen molar-refractivity contribution < 1.29 is 26.0 Å². The van der Waals surface area contributed by atoms with Crippen LogP contribution >= 0.6 is 0 Å². The van der Waals surface area contributed by atoms with Crippen molar-refractivity contribution in [3.8, 4) is 17.2 Å². The Morgan fingerprint density at radius 3 is 2.27 bits per heavy atom. The van der Waals surface area contributed by atoms with E-state index in [1.165, 1.54) is 12.1 Å². The summed E-state index contributed by atoms with van der Waals surface area (Å²) < 4.78 is 76.2. The quantitative estimate of drug-likeness (QED) is 0.701. The van der Waals surface area contributed by atoms with E-state index in [1.54, 1.807) is 0 Å². The number of imidazole rings is 1. The first-order valence-corrected chi connectivity index (χ1v) is 8.52. The van der Waals surface area contributed by atoms with Crippen LogP contribution in [0, 0.1) is 5.82 Å². The molecule has 0 saturated heterocycles. The molecule has 0 amide bonds. The molecule has 2 heterocycles. The van der Waals surface area contributed by atoms with Crippen LogP contribution in [0.25, 0.3) is 17.2 Å². The maximum absolute atomic E-state index is 13.4. The Kier molecular flexibility index (Phi) is 4.28. The molecule has 0 fully saturated rings. The van der Waals surface area contributed by atoms with Crippen LogP contribution in [0.2, 0.25) is 0 Å². The molecule has 1 aromatic carbocycles. The number of benzene rings is 1. The predicted molar refractivity (Wildman–Crippen MR) is 83.1 cm³/mol. The van der Waals surface area contributed by atoms with Crippen molar-refractivity contribution in [2.24, 2.45) is 5.14 Å². The van der Waals surface area contributed by atoms with Crippen molar-refractivity contribution in [3.63, 3.8) is 0 Å². The fraction of sp³-hybridized carbons (Fsp3) is 0.0667. The minimum absolute atomic E-state index is 0.115. The van der Waals surface area contributed by atoms with Gasteiger partial charge in [-0.25, -0.2) is 22.9 Å². The number of hydrogen-bond acceptors (Lipinski definition) is 4. The third-order valence-electron chi connectivity index (χ3n) is 3.39. The summed E-state index contributed by atoms with van der Waals surface area (Å²) in [6.07, 6.45) is -2.91. The van der Waals surface area contributed by atoms with Crippen molar-refractivity contribution in [1.29, 1.82) is 0 Å². The summed E-state index contributed by atoms with van der Waals surface area (Å²) in [5, 5.41) is 5.00. The third kappa shape index (κ3) is 3.58. The molecule has 0 aliphatic rings. The highest BCUT2D eigenvalue weighted by atomic mass is 32.2. The molecule has 136 valence electrons. The second-order valence-corrected chi connectivity index (χ2v) is 6.78. The number of nitrogens with two attached hydrogens (primary N) is 1. The van der Waals surface area contributed by atoms with E-state index >= 15 is 0 Å². The molecule has 0 unspecified atom stereocenters. The number of aromatic nitrogens is 3. The van der Waals surface area contributed by atoms with Gasteiger partial charge in [0.1, 0.15) is 11.5 Å². The Hall–Kier alpha value is -2.79. The van der Waals surface area contributed by atoms with Gasteiger partial charge >= 0.3 is 6.18 Å². The zero-order valence-corrected chi connectivity index (χ0v) is 13.6. The molecular formula is C15H10F4N4O2S. The molecule has 6 nitrogen and oxygen atoms in total. The second kappa shape index (κ2) is 6.18. The zero-order valence-electron chi connectivity index (χ0n) is 12.8. The lowest BCUT2D eigenvalue weighted by Crippen LogP contribution is -2.12. The average Bonchev–Trinajstić information content (AvgIpc) is 3.00. The van der Waals surface area contributed by atoms with Crippen molar-refractivity contribution in [3.05, 3.63) is 60.3 Å². The molecule has 0 atom stereocenters. The summed E-state index contributed by atoms with van der Waals surface area (Å²) in [7, 11) is -3.95. The Balaban J connectivity index is 2.18. The summed E-state index contributed by atoms with van der Waals surface area (Å²) in [5.41, 5.74) is -1.15. The highest BCUT2D eigenvalue weighted by molar-refractivity contribution is 7.89. The minimum Gasteiger partial charge on any atom is -0.298 e. The van der Waals surface area contributed by atoms with Gasteiger partial charge in [-0.3, -0.25) is 9.55 Å². The van der Waals surface area contributed by atoms with Crippen LogP contribution < -0.4 is 5.14 Å². The summed E-state index contributed by atoms with van der Waals surface area (Å²) in [6.45, 7) is 0. The van der Waals surface area contributed by atoms with Crippen LogP contribution in [0.4, 0.5) is 17.6 Å². The van der Waals surface area contributed by atoms with Gasteiger partial charge in [0.25, 0.3) is 0 Å². The zero-order chi connectivity index (χ0) is 19.1. The largest absolute Gasteiger partial charge is 0.434 e. The van der Waals surface area contributed by atoms with Crippen LogP contribution in [0.1, 0.15) is 5.69 Å². The third-order valence-corrected chi connectivity index (χ3v) is 4.32. The van der Waals surface area contributed by atoms with E-state index in [1.807, 2.05) is 0 Å². The number of alkyl halides is 3.